The second kappa shape index (κ2) is 4.98. The van der Waals surface area contributed by atoms with E-state index in [9.17, 15) is 4.39 Å². The summed E-state index contributed by atoms with van der Waals surface area (Å²) in [4.78, 5) is 4.24. The quantitative estimate of drug-likeness (QED) is 0.689. The van der Waals surface area contributed by atoms with Gasteiger partial charge in [-0.1, -0.05) is 11.6 Å². The maximum absolute atomic E-state index is 13.0. The molecule has 0 atom stereocenters. The lowest BCUT2D eigenvalue weighted by Gasteiger charge is -2.12. The van der Waals surface area contributed by atoms with Crippen LogP contribution >= 0.6 is 11.6 Å². The van der Waals surface area contributed by atoms with Crippen molar-refractivity contribution < 1.29 is 4.39 Å². The number of benzene rings is 2. The number of hydrogen-bond donors (Lipinski definition) is 2. The highest BCUT2D eigenvalue weighted by molar-refractivity contribution is 6.33. The standard InChI is InChI=1S/C15H11ClFN3/c16-11-8-9(17)3-4-13(11)20-14-6-5-12-10(15(14)18)2-1-7-19-12/h1-8,20H,18H2. The van der Waals surface area contributed by atoms with Crippen molar-refractivity contribution in [2.75, 3.05) is 11.1 Å². The minimum Gasteiger partial charge on any atom is -0.396 e. The van der Waals surface area contributed by atoms with Gasteiger partial charge in [-0.3, -0.25) is 4.98 Å². The number of nitrogens with two attached hydrogens (primary N) is 1. The minimum atomic E-state index is -0.378. The van der Waals surface area contributed by atoms with Gasteiger partial charge in [-0.05, 0) is 42.5 Å². The van der Waals surface area contributed by atoms with Crippen LogP contribution in [0.1, 0.15) is 0 Å². The van der Waals surface area contributed by atoms with E-state index in [1.54, 1.807) is 12.3 Å². The zero-order valence-electron chi connectivity index (χ0n) is 10.4. The van der Waals surface area contributed by atoms with Crippen LogP contribution in [0.4, 0.5) is 21.5 Å². The molecule has 0 saturated heterocycles. The van der Waals surface area contributed by atoms with E-state index in [1.807, 2.05) is 24.3 Å². The van der Waals surface area contributed by atoms with Crippen LogP contribution in [-0.2, 0) is 0 Å². The summed E-state index contributed by atoms with van der Waals surface area (Å²) in [6.07, 6.45) is 1.71. The second-order valence-corrected chi connectivity index (χ2v) is 4.75. The molecule has 0 spiro atoms. The molecule has 5 heteroatoms. The van der Waals surface area contributed by atoms with Gasteiger partial charge in [0.15, 0.2) is 0 Å². The SMILES string of the molecule is Nc1c(Nc2ccc(F)cc2Cl)ccc2ncccc12. The Morgan fingerprint density at radius 3 is 2.70 bits per heavy atom. The van der Waals surface area contributed by atoms with Crippen LogP contribution in [0.15, 0.2) is 48.7 Å². The summed E-state index contributed by atoms with van der Waals surface area (Å²) >= 11 is 5.99. The van der Waals surface area contributed by atoms with Crippen molar-refractivity contribution in [3.63, 3.8) is 0 Å². The Morgan fingerprint density at radius 1 is 1.10 bits per heavy atom. The predicted molar refractivity (Wildman–Crippen MR) is 80.8 cm³/mol. The van der Waals surface area contributed by atoms with Crippen LogP contribution in [0.5, 0.6) is 0 Å². The molecule has 0 unspecified atom stereocenters. The van der Waals surface area contributed by atoms with Crippen molar-refractivity contribution in [1.82, 2.24) is 4.98 Å². The Balaban J connectivity index is 2.04. The maximum atomic E-state index is 13.0. The summed E-state index contributed by atoms with van der Waals surface area (Å²) in [5.41, 5.74) is 8.83. The minimum absolute atomic E-state index is 0.302. The number of anilines is 3. The van der Waals surface area contributed by atoms with Gasteiger partial charge in [0, 0.05) is 11.6 Å². The fraction of sp³-hybridized carbons (Fsp3) is 0. The van der Waals surface area contributed by atoms with E-state index in [0.717, 1.165) is 10.9 Å². The summed E-state index contributed by atoms with van der Waals surface area (Å²) < 4.78 is 13.0. The van der Waals surface area contributed by atoms with E-state index in [2.05, 4.69) is 10.3 Å². The van der Waals surface area contributed by atoms with Gasteiger partial charge in [-0.2, -0.15) is 0 Å². The first-order valence-electron chi connectivity index (χ1n) is 6.00. The first kappa shape index (κ1) is 12.7. The average molecular weight is 288 g/mol. The summed E-state index contributed by atoms with van der Waals surface area (Å²) in [5, 5.41) is 4.27. The Bertz CT molecular complexity index is 789. The highest BCUT2D eigenvalue weighted by Crippen LogP contribution is 2.32. The smallest absolute Gasteiger partial charge is 0.124 e. The molecule has 1 aromatic heterocycles. The van der Waals surface area contributed by atoms with Crippen molar-refractivity contribution >= 4 is 39.6 Å². The van der Waals surface area contributed by atoms with Gasteiger partial charge in [0.05, 0.1) is 27.6 Å². The first-order valence-corrected chi connectivity index (χ1v) is 6.38. The fourth-order valence-electron chi connectivity index (χ4n) is 2.02. The highest BCUT2D eigenvalue weighted by Gasteiger charge is 2.07. The largest absolute Gasteiger partial charge is 0.396 e. The van der Waals surface area contributed by atoms with Crippen LogP contribution in [0.2, 0.25) is 5.02 Å². The summed E-state index contributed by atoms with van der Waals surface area (Å²) in [5.74, 6) is -0.378. The number of pyridine rings is 1. The molecule has 3 aromatic rings. The molecule has 20 heavy (non-hydrogen) atoms. The van der Waals surface area contributed by atoms with Crippen molar-refractivity contribution in [1.29, 1.82) is 0 Å². The van der Waals surface area contributed by atoms with Gasteiger partial charge in [0.1, 0.15) is 5.82 Å². The lowest BCUT2D eigenvalue weighted by atomic mass is 10.1. The zero-order valence-corrected chi connectivity index (χ0v) is 11.2. The Labute approximate surface area is 120 Å². The lowest BCUT2D eigenvalue weighted by molar-refractivity contribution is 0.628. The van der Waals surface area contributed by atoms with Gasteiger partial charge < -0.3 is 11.1 Å². The molecule has 3 N–H and O–H groups in total. The van der Waals surface area contributed by atoms with E-state index in [1.165, 1.54) is 12.1 Å². The number of nitrogens with one attached hydrogen (secondary N) is 1. The number of halogens is 2. The first-order chi connectivity index (χ1) is 9.65. The maximum Gasteiger partial charge on any atom is 0.124 e. The number of fused-ring (bicyclic) bond motifs is 1. The fourth-order valence-corrected chi connectivity index (χ4v) is 2.23. The summed E-state index contributed by atoms with van der Waals surface area (Å²) in [6.45, 7) is 0. The molecule has 0 radical (unpaired) electrons. The molecule has 0 fully saturated rings. The Hall–Kier alpha value is -2.33. The topological polar surface area (TPSA) is 50.9 Å². The zero-order chi connectivity index (χ0) is 14.1. The monoisotopic (exact) mass is 287 g/mol. The van der Waals surface area contributed by atoms with Crippen molar-refractivity contribution in [2.24, 2.45) is 0 Å². The molecule has 100 valence electrons. The molecule has 3 nitrogen and oxygen atoms in total. The third kappa shape index (κ3) is 2.26. The molecule has 0 aliphatic rings. The molecule has 3 rings (SSSR count). The molecule has 1 heterocycles. The number of nitrogen functional groups attached to an aromatic ring is 1. The Morgan fingerprint density at radius 2 is 1.90 bits per heavy atom. The van der Waals surface area contributed by atoms with Crippen LogP contribution in [0.3, 0.4) is 0 Å². The molecular formula is C15H11ClFN3. The second-order valence-electron chi connectivity index (χ2n) is 4.35. The van der Waals surface area contributed by atoms with Crippen LogP contribution < -0.4 is 11.1 Å². The Kier molecular flexibility index (Phi) is 3.16. The van der Waals surface area contributed by atoms with E-state index in [0.29, 0.717) is 22.1 Å². The molecule has 0 aliphatic carbocycles. The van der Waals surface area contributed by atoms with Crippen molar-refractivity contribution in [3.05, 3.63) is 59.5 Å². The van der Waals surface area contributed by atoms with Crippen LogP contribution in [0.25, 0.3) is 10.9 Å². The molecule has 2 aromatic carbocycles. The summed E-state index contributed by atoms with van der Waals surface area (Å²) in [7, 11) is 0. The lowest BCUT2D eigenvalue weighted by Crippen LogP contribution is -1.98. The normalized spacial score (nSPS) is 10.7. The van der Waals surface area contributed by atoms with E-state index in [4.69, 9.17) is 17.3 Å². The average Bonchev–Trinajstić information content (AvgIpc) is 2.45. The van der Waals surface area contributed by atoms with Gasteiger partial charge in [-0.25, -0.2) is 4.39 Å². The molecule has 0 aliphatic heterocycles. The van der Waals surface area contributed by atoms with Gasteiger partial charge in [-0.15, -0.1) is 0 Å². The molecule has 0 saturated carbocycles. The summed E-state index contributed by atoms with van der Waals surface area (Å²) in [6, 6.07) is 11.6. The molecular weight excluding hydrogens is 277 g/mol. The van der Waals surface area contributed by atoms with E-state index in [-0.39, 0.29) is 5.82 Å². The van der Waals surface area contributed by atoms with Gasteiger partial charge >= 0.3 is 0 Å². The van der Waals surface area contributed by atoms with Crippen LogP contribution in [0, 0.1) is 5.82 Å². The van der Waals surface area contributed by atoms with Gasteiger partial charge in [0.2, 0.25) is 0 Å². The highest BCUT2D eigenvalue weighted by atomic mass is 35.5. The number of nitrogens with zero attached hydrogens (tertiary/aromatic N) is 1. The van der Waals surface area contributed by atoms with Crippen molar-refractivity contribution in [3.8, 4) is 0 Å². The number of aromatic nitrogens is 1. The van der Waals surface area contributed by atoms with Gasteiger partial charge in [0.25, 0.3) is 0 Å². The van der Waals surface area contributed by atoms with E-state index >= 15 is 0 Å². The predicted octanol–water partition coefficient (Wildman–Crippen LogP) is 4.35. The number of hydrogen-bond acceptors (Lipinski definition) is 3. The van der Waals surface area contributed by atoms with Crippen LogP contribution in [-0.4, -0.2) is 4.98 Å². The third-order valence-electron chi connectivity index (χ3n) is 3.03. The van der Waals surface area contributed by atoms with Crippen molar-refractivity contribution in [2.45, 2.75) is 0 Å². The van der Waals surface area contributed by atoms with E-state index < -0.39 is 0 Å². The molecule has 0 bridgehead atoms. The molecule has 0 amide bonds. The third-order valence-corrected chi connectivity index (χ3v) is 3.34. The number of rotatable bonds is 2.